The molecular weight excluding hydrogens is 437 g/mol. The standard InChI is InChI=1S/C23H25F3N4O3/c24-23(25,26)18-4-3-5-19(16-18)27-12-14-29(15-13-27)22(31)17-8-10-28(11-9-17)20-6-1-2-7-21(20)30(32)33/h1-7,16-17H,8-15H2. The van der Waals surface area contributed by atoms with Crippen LogP contribution < -0.4 is 9.80 Å². The minimum atomic E-state index is -4.39. The van der Waals surface area contributed by atoms with Gasteiger partial charge in [-0.05, 0) is 37.1 Å². The third-order valence-electron chi connectivity index (χ3n) is 6.39. The van der Waals surface area contributed by atoms with E-state index in [1.807, 2.05) is 9.80 Å². The number of nitro benzene ring substituents is 1. The Morgan fingerprint density at radius 2 is 1.58 bits per heavy atom. The molecule has 7 nitrogen and oxygen atoms in total. The first-order valence-corrected chi connectivity index (χ1v) is 10.9. The highest BCUT2D eigenvalue weighted by molar-refractivity contribution is 5.79. The van der Waals surface area contributed by atoms with Crippen LogP contribution in [0.2, 0.25) is 0 Å². The van der Waals surface area contributed by atoms with Gasteiger partial charge in [0.2, 0.25) is 5.91 Å². The van der Waals surface area contributed by atoms with Gasteiger partial charge >= 0.3 is 6.18 Å². The van der Waals surface area contributed by atoms with Gasteiger partial charge in [0, 0.05) is 56.9 Å². The summed E-state index contributed by atoms with van der Waals surface area (Å²) in [5.74, 6) is -0.0926. The smallest absolute Gasteiger partial charge is 0.368 e. The number of para-hydroxylation sites is 2. The van der Waals surface area contributed by atoms with Crippen LogP contribution >= 0.6 is 0 Å². The molecule has 0 aromatic heterocycles. The number of hydrogen-bond donors (Lipinski definition) is 0. The van der Waals surface area contributed by atoms with Crippen molar-refractivity contribution in [3.8, 4) is 0 Å². The van der Waals surface area contributed by atoms with Gasteiger partial charge in [0.05, 0.1) is 10.5 Å². The average Bonchev–Trinajstić information content (AvgIpc) is 2.83. The van der Waals surface area contributed by atoms with Crippen molar-refractivity contribution in [3.05, 3.63) is 64.2 Å². The van der Waals surface area contributed by atoms with E-state index in [0.717, 1.165) is 12.1 Å². The van der Waals surface area contributed by atoms with Gasteiger partial charge in [0.25, 0.3) is 5.69 Å². The maximum atomic E-state index is 13.0. The number of alkyl halides is 3. The minimum Gasteiger partial charge on any atom is -0.368 e. The number of rotatable bonds is 4. The monoisotopic (exact) mass is 462 g/mol. The normalized spacial score (nSPS) is 17.8. The predicted octanol–water partition coefficient (Wildman–Crippen LogP) is 4.18. The molecule has 2 aliphatic heterocycles. The quantitative estimate of drug-likeness (QED) is 0.504. The summed E-state index contributed by atoms with van der Waals surface area (Å²) in [4.78, 5) is 29.5. The first-order chi connectivity index (χ1) is 15.7. The van der Waals surface area contributed by atoms with Crippen molar-refractivity contribution in [1.29, 1.82) is 0 Å². The van der Waals surface area contributed by atoms with Crippen LogP contribution in [0, 0.1) is 16.0 Å². The number of amides is 1. The molecule has 0 saturated carbocycles. The Morgan fingerprint density at radius 1 is 0.909 bits per heavy atom. The number of anilines is 2. The number of hydrogen-bond acceptors (Lipinski definition) is 5. The Hall–Kier alpha value is -3.30. The first-order valence-electron chi connectivity index (χ1n) is 10.9. The molecule has 10 heteroatoms. The zero-order valence-corrected chi connectivity index (χ0v) is 18.0. The highest BCUT2D eigenvalue weighted by Crippen LogP contribution is 2.33. The van der Waals surface area contributed by atoms with Gasteiger partial charge in [0.15, 0.2) is 0 Å². The average molecular weight is 462 g/mol. The maximum absolute atomic E-state index is 13.0. The van der Waals surface area contributed by atoms with Gasteiger partial charge in [-0.25, -0.2) is 0 Å². The molecule has 0 bridgehead atoms. The Morgan fingerprint density at radius 3 is 2.21 bits per heavy atom. The van der Waals surface area contributed by atoms with E-state index < -0.39 is 16.7 Å². The summed E-state index contributed by atoms with van der Waals surface area (Å²) in [6.45, 7) is 2.99. The molecule has 2 aromatic carbocycles. The van der Waals surface area contributed by atoms with E-state index >= 15 is 0 Å². The molecule has 0 spiro atoms. The van der Waals surface area contributed by atoms with Crippen LogP contribution in [0.4, 0.5) is 30.2 Å². The minimum absolute atomic E-state index is 0.0564. The van der Waals surface area contributed by atoms with Crippen LogP contribution in [0.1, 0.15) is 18.4 Å². The molecule has 1 amide bonds. The van der Waals surface area contributed by atoms with Crippen LogP contribution in [-0.2, 0) is 11.0 Å². The van der Waals surface area contributed by atoms with Crippen molar-refractivity contribution >= 4 is 23.0 Å². The van der Waals surface area contributed by atoms with Crippen molar-refractivity contribution in [2.24, 2.45) is 5.92 Å². The number of piperidine rings is 1. The lowest BCUT2D eigenvalue weighted by Gasteiger charge is -2.39. The highest BCUT2D eigenvalue weighted by Gasteiger charge is 2.33. The zero-order chi connectivity index (χ0) is 23.6. The topological polar surface area (TPSA) is 69.9 Å². The van der Waals surface area contributed by atoms with E-state index in [-0.39, 0.29) is 17.5 Å². The van der Waals surface area contributed by atoms with E-state index in [0.29, 0.717) is 63.5 Å². The van der Waals surface area contributed by atoms with Crippen LogP contribution in [0.15, 0.2) is 48.5 Å². The summed E-state index contributed by atoms with van der Waals surface area (Å²) >= 11 is 0. The van der Waals surface area contributed by atoms with Gasteiger partial charge in [0.1, 0.15) is 5.69 Å². The van der Waals surface area contributed by atoms with Crippen LogP contribution in [0.25, 0.3) is 0 Å². The van der Waals surface area contributed by atoms with E-state index in [1.54, 1.807) is 29.2 Å². The Balaban J connectivity index is 1.32. The van der Waals surface area contributed by atoms with Crippen LogP contribution in [0.5, 0.6) is 0 Å². The van der Waals surface area contributed by atoms with Gasteiger partial charge < -0.3 is 14.7 Å². The van der Waals surface area contributed by atoms with Crippen molar-refractivity contribution in [2.75, 3.05) is 49.1 Å². The predicted molar refractivity (Wildman–Crippen MR) is 118 cm³/mol. The number of piperazine rings is 1. The number of nitrogens with zero attached hydrogens (tertiary/aromatic N) is 4. The number of carbonyl (C=O) groups excluding carboxylic acids is 1. The van der Waals surface area contributed by atoms with E-state index in [4.69, 9.17) is 0 Å². The molecule has 0 radical (unpaired) electrons. The second-order valence-electron chi connectivity index (χ2n) is 8.37. The van der Waals surface area contributed by atoms with Gasteiger partial charge in [-0.1, -0.05) is 18.2 Å². The molecule has 2 saturated heterocycles. The molecule has 2 fully saturated rings. The number of halogens is 3. The zero-order valence-electron chi connectivity index (χ0n) is 18.0. The van der Waals surface area contributed by atoms with Crippen LogP contribution in [0.3, 0.4) is 0 Å². The van der Waals surface area contributed by atoms with E-state index in [9.17, 15) is 28.1 Å². The second-order valence-corrected chi connectivity index (χ2v) is 8.37. The van der Waals surface area contributed by atoms with E-state index in [1.165, 1.54) is 12.1 Å². The lowest BCUT2D eigenvalue weighted by Crippen LogP contribution is -2.51. The summed E-state index contributed by atoms with van der Waals surface area (Å²) < 4.78 is 39.0. The molecule has 33 heavy (non-hydrogen) atoms. The van der Waals surface area contributed by atoms with Crippen molar-refractivity contribution in [3.63, 3.8) is 0 Å². The number of nitro groups is 1. The maximum Gasteiger partial charge on any atom is 0.416 e. The summed E-state index contributed by atoms with van der Waals surface area (Å²) in [6, 6.07) is 11.9. The lowest BCUT2D eigenvalue weighted by molar-refractivity contribution is -0.384. The summed E-state index contributed by atoms with van der Waals surface area (Å²) in [5.41, 5.74) is 0.467. The van der Waals surface area contributed by atoms with E-state index in [2.05, 4.69) is 0 Å². The first kappa shape index (κ1) is 22.9. The van der Waals surface area contributed by atoms with Gasteiger partial charge in [-0.3, -0.25) is 14.9 Å². The van der Waals surface area contributed by atoms with Crippen LogP contribution in [-0.4, -0.2) is 55.0 Å². The molecule has 4 rings (SSSR count). The molecule has 2 aliphatic rings. The third-order valence-corrected chi connectivity index (χ3v) is 6.39. The Labute approximate surface area is 189 Å². The fourth-order valence-corrected chi connectivity index (χ4v) is 4.58. The molecule has 0 N–H and O–H groups in total. The lowest BCUT2D eigenvalue weighted by atomic mass is 9.94. The second kappa shape index (κ2) is 9.29. The Bertz CT molecular complexity index is 1010. The summed E-state index contributed by atoms with van der Waals surface area (Å²) in [6.07, 6.45) is -3.17. The molecule has 2 heterocycles. The molecule has 2 aromatic rings. The SMILES string of the molecule is O=C(C1CCN(c2ccccc2[N+](=O)[O-])CC1)N1CCN(c2cccc(C(F)(F)F)c2)CC1. The molecule has 0 aliphatic carbocycles. The third kappa shape index (κ3) is 5.04. The highest BCUT2D eigenvalue weighted by atomic mass is 19.4. The fourth-order valence-electron chi connectivity index (χ4n) is 4.58. The summed E-state index contributed by atoms with van der Waals surface area (Å²) in [5, 5.41) is 11.3. The van der Waals surface area contributed by atoms with Gasteiger partial charge in [-0.15, -0.1) is 0 Å². The van der Waals surface area contributed by atoms with Crippen molar-refractivity contribution in [1.82, 2.24) is 4.90 Å². The van der Waals surface area contributed by atoms with Crippen molar-refractivity contribution in [2.45, 2.75) is 19.0 Å². The molecular formula is C23H25F3N4O3. The molecule has 176 valence electrons. The Kier molecular flexibility index (Phi) is 6.44. The fraction of sp³-hybridized carbons (Fsp3) is 0.435. The van der Waals surface area contributed by atoms with Gasteiger partial charge in [-0.2, -0.15) is 13.2 Å². The summed E-state index contributed by atoms with van der Waals surface area (Å²) in [7, 11) is 0. The van der Waals surface area contributed by atoms with Crippen molar-refractivity contribution < 1.29 is 22.9 Å². The largest absolute Gasteiger partial charge is 0.416 e. The number of carbonyl (C=O) groups is 1. The number of benzene rings is 2. The molecule has 0 unspecified atom stereocenters. The molecule has 0 atom stereocenters.